The smallest absolute Gasteiger partial charge is 0.326 e. The molecule has 0 fully saturated rings. The van der Waals surface area contributed by atoms with Crippen LogP contribution in [0.4, 0.5) is 4.79 Å². The molecule has 0 saturated carbocycles. The first kappa shape index (κ1) is 16.5. The van der Waals surface area contributed by atoms with E-state index in [0.717, 1.165) is 11.1 Å². The predicted octanol–water partition coefficient (Wildman–Crippen LogP) is 0.513. The third kappa shape index (κ3) is 5.94. The molecule has 0 aromatic heterocycles. The zero-order chi connectivity index (χ0) is 15.8. The van der Waals surface area contributed by atoms with Gasteiger partial charge in [-0.25, -0.2) is 9.59 Å². The third-order valence-corrected chi connectivity index (χ3v) is 2.98. The summed E-state index contributed by atoms with van der Waals surface area (Å²) in [6, 6.07) is 5.79. The first-order chi connectivity index (χ1) is 9.90. The zero-order valence-corrected chi connectivity index (χ0v) is 11.8. The molecule has 0 bridgehead atoms. The lowest BCUT2D eigenvalue weighted by molar-refractivity contribution is -0.139. The van der Waals surface area contributed by atoms with Crippen molar-refractivity contribution in [2.45, 2.75) is 32.4 Å². The fourth-order valence-corrected chi connectivity index (χ4v) is 1.74. The van der Waals surface area contributed by atoms with Crippen molar-refractivity contribution >= 4 is 17.9 Å². The maximum absolute atomic E-state index is 11.7. The van der Waals surface area contributed by atoms with E-state index in [1.807, 2.05) is 31.2 Å². The van der Waals surface area contributed by atoms with Crippen molar-refractivity contribution in [1.29, 1.82) is 0 Å². The largest absolute Gasteiger partial charge is 0.480 e. The van der Waals surface area contributed by atoms with E-state index >= 15 is 0 Å². The highest BCUT2D eigenvalue weighted by Crippen LogP contribution is 2.06. The van der Waals surface area contributed by atoms with Crippen molar-refractivity contribution in [2.24, 2.45) is 5.73 Å². The molecular weight excluding hydrogens is 274 g/mol. The van der Waals surface area contributed by atoms with Crippen LogP contribution in [0, 0.1) is 6.92 Å². The summed E-state index contributed by atoms with van der Waals surface area (Å²) in [6.45, 7) is 2.21. The summed E-state index contributed by atoms with van der Waals surface area (Å²) < 4.78 is 0. The van der Waals surface area contributed by atoms with Crippen LogP contribution in [0.1, 0.15) is 24.0 Å². The van der Waals surface area contributed by atoms with Crippen LogP contribution in [-0.2, 0) is 16.1 Å². The average Bonchev–Trinajstić information content (AvgIpc) is 2.42. The Hall–Kier alpha value is -2.57. The quantitative estimate of drug-likeness (QED) is 0.585. The van der Waals surface area contributed by atoms with Gasteiger partial charge in [0, 0.05) is 13.0 Å². The Kier molecular flexibility index (Phi) is 6.19. The summed E-state index contributed by atoms with van der Waals surface area (Å²) in [4.78, 5) is 33.3. The van der Waals surface area contributed by atoms with Crippen molar-refractivity contribution in [3.05, 3.63) is 35.4 Å². The van der Waals surface area contributed by atoms with Gasteiger partial charge < -0.3 is 21.5 Å². The van der Waals surface area contributed by atoms with Crippen molar-refractivity contribution < 1.29 is 19.5 Å². The zero-order valence-electron chi connectivity index (χ0n) is 11.8. The van der Waals surface area contributed by atoms with Gasteiger partial charge in [0.2, 0.25) is 5.91 Å². The van der Waals surface area contributed by atoms with E-state index in [4.69, 9.17) is 10.8 Å². The Bertz CT molecular complexity index is 531. The number of benzene rings is 1. The van der Waals surface area contributed by atoms with E-state index in [1.165, 1.54) is 0 Å². The predicted molar refractivity (Wildman–Crippen MR) is 76.4 cm³/mol. The SMILES string of the molecule is Cc1ccccc1CNC(=O)N[C@H](CCC(N)=O)C(=O)O. The molecule has 1 atom stereocenters. The molecule has 114 valence electrons. The first-order valence-electron chi connectivity index (χ1n) is 6.50. The maximum Gasteiger partial charge on any atom is 0.326 e. The number of nitrogens with two attached hydrogens (primary N) is 1. The number of hydrogen-bond acceptors (Lipinski definition) is 3. The number of carboxylic acid groups (broad SMARTS) is 1. The molecule has 0 saturated heterocycles. The van der Waals surface area contributed by atoms with Gasteiger partial charge >= 0.3 is 12.0 Å². The summed E-state index contributed by atoms with van der Waals surface area (Å²) in [5.41, 5.74) is 6.93. The lowest BCUT2D eigenvalue weighted by Gasteiger charge is -2.15. The standard InChI is InChI=1S/C14H19N3O4/c1-9-4-2-3-5-10(9)8-16-14(21)17-11(13(19)20)6-7-12(15)18/h2-5,11H,6-8H2,1H3,(H2,15,18)(H,19,20)(H2,16,17,21)/t11-/m1/s1. The highest BCUT2D eigenvalue weighted by Gasteiger charge is 2.20. The van der Waals surface area contributed by atoms with Gasteiger partial charge in [-0.1, -0.05) is 24.3 Å². The number of amides is 3. The average molecular weight is 293 g/mol. The van der Waals surface area contributed by atoms with Gasteiger partial charge in [0.05, 0.1) is 0 Å². The summed E-state index contributed by atoms with van der Waals surface area (Å²) in [5, 5.41) is 13.9. The summed E-state index contributed by atoms with van der Waals surface area (Å²) >= 11 is 0. The number of hydrogen-bond donors (Lipinski definition) is 4. The second kappa shape index (κ2) is 7.88. The molecule has 0 heterocycles. The Morgan fingerprint density at radius 3 is 2.52 bits per heavy atom. The molecule has 5 N–H and O–H groups in total. The topological polar surface area (TPSA) is 122 Å². The van der Waals surface area contributed by atoms with Gasteiger partial charge in [-0.2, -0.15) is 0 Å². The van der Waals surface area contributed by atoms with Gasteiger partial charge in [-0.05, 0) is 24.5 Å². The number of aliphatic carboxylic acids is 1. The molecule has 3 amide bonds. The molecule has 7 nitrogen and oxygen atoms in total. The van der Waals surface area contributed by atoms with Crippen molar-refractivity contribution in [3.63, 3.8) is 0 Å². The van der Waals surface area contributed by atoms with Gasteiger partial charge in [0.15, 0.2) is 0 Å². The molecule has 0 aliphatic heterocycles. The van der Waals surface area contributed by atoms with Crippen LogP contribution in [0.2, 0.25) is 0 Å². The van der Waals surface area contributed by atoms with Crippen LogP contribution in [-0.4, -0.2) is 29.1 Å². The number of primary amides is 1. The van der Waals surface area contributed by atoms with Crippen molar-refractivity contribution in [1.82, 2.24) is 10.6 Å². The fraction of sp³-hybridized carbons (Fsp3) is 0.357. The molecule has 21 heavy (non-hydrogen) atoms. The van der Waals surface area contributed by atoms with Gasteiger partial charge in [0.1, 0.15) is 6.04 Å². The van der Waals surface area contributed by atoms with Crippen LogP contribution in [0.15, 0.2) is 24.3 Å². The molecule has 0 aliphatic rings. The molecule has 1 aromatic carbocycles. The molecule has 0 aliphatic carbocycles. The molecule has 0 unspecified atom stereocenters. The van der Waals surface area contributed by atoms with Crippen LogP contribution in [0.5, 0.6) is 0 Å². The number of nitrogens with one attached hydrogen (secondary N) is 2. The van der Waals surface area contributed by atoms with E-state index in [1.54, 1.807) is 0 Å². The second-order valence-electron chi connectivity index (χ2n) is 4.65. The van der Waals surface area contributed by atoms with Crippen molar-refractivity contribution in [2.75, 3.05) is 0 Å². The Morgan fingerprint density at radius 1 is 1.29 bits per heavy atom. The Balaban J connectivity index is 2.49. The van der Waals surface area contributed by atoms with E-state index < -0.39 is 23.9 Å². The summed E-state index contributed by atoms with van der Waals surface area (Å²) in [6.07, 6.45) is -0.141. The van der Waals surface area contributed by atoms with Gasteiger partial charge in [-0.15, -0.1) is 0 Å². The highest BCUT2D eigenvalue weighted by molar-refractivity contribution is 5.83. The van der Waals surface area contributed by atoms with E-state index in [0.29, 0.717) is 6.54 Å². The van der Waals surface area contributed by atoms with Gasteiger partial charge in [-0.3, -0.25) is 4.79 Å². The van der Waals surface area contributed by atoms with Crippen LogP contribution in [0.25, 0.3) is 0 Å². The fourth-order valence-electron chi connectivity index (χ4n) is 1.74. The maximum atomic E-state index is 11.7. The van der Waals surface area contributed by atoms with Gasteiger partial charge in [0.25, 0.3) is 0 Å². The van der Waals surface area contributed by atoms with Crippen LogP contribution >= 0.6 is 0 Å². The van der Waals surface area contributed by atoms with Crippen LogP contribution in [0.3, 0.4) is 0 Å². The summed E-state index contributed by atoms with van der Waals surface area (Å²) in [5.74, 6) is -1.81. The second-order valence-corrected chi connectivity index (χ2v) is 4.65. The van der Waals surface area contributed by atoms with E-state index in [-0.39, 0.29) is 12.8 Å². The number of carbonyl (C=O) groups is 3. The molecule has 1 aromatic rings. The van der Waals surface area contributed by atoms with E-state index in [9.17, 15) is 14.4 Å². The molecule has 7 heteroatoms. The Labute approximate surface area is 122 Å². The highest BCUT2D eigenvalue weighted by atomic mass is 16.4. The number of carboxylic acids is 1. The lowest BCUT2D eigenvalue weighted by Crippen LogP contribution is -2.46. The number of rotatable bonds is 7. The molecule has 0 spiro atoms. The molecular formula is C14H19N3O4. The van der Waals surface area contributed by atoms with Crippen molar-refractivity contribution in [3.8, 4) is 0 Å². The first-order valence-corrected chi connectivity index (χ1v) is 6.50. The number of carbonyl (C=O) groups excluding carboxylic acids is 2. The molecule has 0 radical (unpaired) electrons. The number of aryl methyl sites for hydroxylation is 1. The number of urea groups is 1. The lowest BCUT2D eigenvalue weighted by atomic mass is 10.1. The molecule has 1 rings (SSSR count). The minimum absolute atomic E-state index is 0.0392. The van der Waals surface area contributed by atoms with Crippen LogP contribution < -0.4 is 16.4 Å². The minimum Gasteiger partial charge on any atom is -0.480 e. The van der Waals surface area contributed by atoms with E-state index in [2.05, 4.69) is 10.6 Å². The summed E-state index contributed by atoms with van der Waals surface area (Å²) in [7, 11) is 0. The Morgan fingerprint density at radius 2 is 1.95 bits per heavy atom. The minimum atomic E-state index is -1.21. The monoisotopic (exact) mass is 293 g/mol. The third-order valence-electron chi connectivity index (χ3n) is 2.98. The normalized spacial score (nSPS) is 11.5.